The highest BCUT2D eigenvalue weighted by Gasteiger charge is 2.16. The van der Waals surface area contributed by atoms with Gasteiger partial charge < -0.3 is 15.3 Å². The Bertz CT molecular complexity index is 423. The number of likely N-dealkylation sites (tertiary alicyclic amines) is 1. The average molecular weight is 263 g/mol. The van der Waals surface area contributed by atoms with E-state index in [1.165, 1.54) is 0 Å². The number of nitrogens with zero attached hydrogens (tertiary/aromatic N) is 2. The van der Waals surface area contributed by atoms with Crippen molar-refractivity contribution in [3.05, 3.63) is 23.9 Å². The molecule has 0 bridgehead atoms. The van der Waals surface area contributed by atoms with E-state index in [9.17, 15) is 9.90 Å². The van der Waals surface area contributed by atoms with Gasteiger partial charge in [0.1, 0.15) is 5.82 Å². The molecule has 0 spiro atoms. The van der Waals surface area contributed by atoms with Crippen LogP contribution in [0, 0.1) is 0 Å². The lowest BCUT2D eigenvalue weighted by atomic mass is 10.1. The number of hydrogen-bond donors (Lipinski definition) is 2. The normalized spacial score (nSPS) is 21.6. The van der Waals surface area contributed by atoms with E-state index < -0.39 is 6.10 Å². The molecule has 0 aromatic carbocycles. The molecule has 1 aliphatic heterocycles. The number of nitrogens with one attached hydrogen (secondary N) is 1. The zero-order valence-corrected chi connectivity index (χ0v) is 11.2. The molecule has 19 heavy (non-hydrogen) atoms. The van der Waals surface area contributed by atoms with Crippen LogP contribution in [0.2, 0.25) is 0 Å². The first-order valence-corrected chi connectivity index (χ1v) is 6.80. The van der Waals surface area contributed by atoms with Crippen LogP contribution in [0.3, 0.4) is 0 Å². The summed E-state index contributed by atoms with van der Waals surface area (Å²) in [6.45, 7) is 3.33. The van der Waals surface area contributed by atoms with E-state index in [2.05, 4.69) is 10.3 Å². The molecule has 1 fully saturated rings. The van der Waals surface area contributed by atoms with Crippen LogP contribution in [-0.4, -0.2) is 40.5 Å². The molecular formula is C14H21N3O2. The lowest BCUT2D eigenvalue weighted by molar-refractivity contribution is -0.118. The predicted octanol–water partition coefficient (Wildman–Crippen LogP) is 1.56. The van der Waals surface area contributed by atoms with Crippen molar-refractivity contribution in [2.75, 3.05) is 18.4 Å². The van der Waals surface area contributed by atoms with Gasteiger partial charge in [-0.3, -0.25) is 4.79 Å². The molecule has 1 aliphatic rings. The van der Waals surface area contributed by atoms with Gasteiger partial charge in [-0.25, -0.2) is 4.98 Å². The van der Waals surface area contributed by atoms with Crippen LogP contribution >= 0.6 is 0 Å². The van der Waals surface area contributed by atoms with Gasteiger partial charge in [-0.1, -0.05) is 6.07 Å². The number of hydrogen-bond acceptors (Lipinski definition) is 4. The molecular weight excluding hydrogens is 242 g/mol. The molecule has 2 atom stereocenters. The predicted molar refractivity (Wildman–Crippen MR) is 73.8 cm³/mol. The first kappa shape index (κ1) is 13.8. The van der Waals surface area contributed by atoms with Crippen LogP contribution in [0.1, 0.15) is 38.0 Å². The molecule has 5 nitrogen and oxygen atoms in total. The number of aromatic nitrogens is 1. The summed E-state index contributed by atoms with van der Waals surface area (Å²) < 4.78 is 0. The lowest BCUT2D eigenvalue weighted by Gasteiger charge is -2.18. The number of rotatable bonds is 4. The zero-order valence-electron chi connectivity index (χ0n) is 11.2. The van der Waals surface area contributed by atoms with E-state index in [1.54, 1.807) is 6.92 Å². The third-order valence-corrected chi connectivity index (χ3v) is 3.46. The monoisotopic (exact) mass is 263 g/mol. The van der Waals surface area contributed by atoms with Crippen LogP contribution in [0.25, 0.3) is 0 Å². The SMILES string of the molecule is CC(O)c1cccc(NC2CCCN(C=O)CC2)n1. The van der Waals surface area contributed by atoms with Crippen molar-refractivity contribution in [1.29, 1.82) is 0 Å². The first-order valence-electron chi connectivity index (χ1n) is 6.80. The minimum Gasteiger partial charge on any atom is -0.387 e. The smallest absolute Gasteiger partial charge is 0.209 e. The second kappa shape index (κ2) is 6.52. The second-order valence-corrected chi connectivity index (χ2v) is 5.04. The number of amides is 1. The number of aliphatic hydroxyl groups is 1. The highest BCUT2D eigenvalue weighted by Crippen LogP contribution is 2.17. The second-order valence-electron chi connectivity index (χ2n) is 5.04. The number of aliphatic hydroxyl groups excluding tert-OH is 1. The molecule has 104 valence electrons. The van der Waals surface area contributed by atoms with Gasteiger partial charge in [-0.05, 0) is 38.3 Å². The van der Waals surface area contributed by atoms with Crippen LogP contribution in [-0.2, 0) is 4.79 Å². The van der Waals surface area contributed by atoms with Gasteiger partial charge in [-0.2, -0.15) is 0 Å². The molecule has 0 radical (unpaired) electrons. The van der Waals surface area contributed by atoms with Crippen molar-refractivity contribution in [1.82, 2.24) is 9.88 Å². The van der Waals surface area contributed by atoms with Crippen LogP contribution in [0.5, 0.6) is 0 Å². The Balaban J connectivity index is 1.96. The number of carbonyl (C=O) groups is 1. The van der Waals surface area contributed by atoms with E-state index in [0.717, 1.165) is 44.6 Å². The Labute approximate surface area is 113 Å². The summed E-state index contributed by atoms with van der Waals surface area (Å²) in [4.78, 5) is 17.0. The number of pyridine rings is 1. The Morgan fingerprint density at radius 2 is 2.32 bits per heavy atom. The average Bonchev–Trinajstić information content (AvgIpc) is 2.64. The van der Waals surface area contributed by atoms with E-state index >= 15 is 0 Å². The van der Waals surface area contributed by atoms with Crippen molar-refractivity contribution >= 4 is 12.2 Å². The molecule has 2 rings (SSSR count). The van der Waals surface area contributed by atoms with Gasteiger partial charge in [0.05, 0.1) is 11.8 Å². The summed E-state index contributed by atoms with van der Waals surface area (Å²) in [6.07, 6.45) is 3.34. The molecule has 0 saturated carbocycles. The maximum atomic E-state index is 10.8. The van der Waals surface area contributed by atoms with E-state index in [-0.39, 0.29) is 0 Å². The lowest BCUT2D eigenvalue weighted by Crippen LogP contribution is -2.25. The van der Waals surface area contributed by atoms with E-state index in [4.69, 9.17) is 0 Å². The molecule has 2 unspecified atom stereocenters. The summed E-state index contributed by atoms with van der Waals surface area (Å²) >= 11 is 0. The third-order valence-electron chi connectivity index (χ3n) is 3.46. The molecule has 1 aromatic heterocycles. The topological polar surface area (TPSA) is 65.5 Å². The number of anilines is 1. The maximum absolute atomic E-state index is 10.8. The van der Waals surface area contributed by atoms with Gasteiger partial charge in [0.15, 0.2) is 0 Å². The quantitative estimate of drug-likeness (QED) is 0.809. The standard InChI is InChI=1S/C14H21N3O2/c1-11(19)13-5-2-6-14(16-13)15-12-4-3-8-17(10-18)9-7-12/h2,5-6,10-12,19H,3-4,7-9H2,1H3,(H,15,16). The molecule has 1 saturated heterocycles. The summed E-state index contributed by atoms with van der Waals surface area (Å²) in [5.74, 6) is 0.794. The zero-order chi connectivity index (χ0) is 13.7. The van der Waals surface area contributed by atoms with Gasteiger partial charge >= 0.3 is 0 Å². The molecule has 2 N–H and O–H groups in total. The Morgan fingerprint density at radius 3 is 3.05 bits per heavy atom. The molecule has 1 amide bonds. The van der Waals surface area contributed by atoms with Crippen molar-refractivity contribution in [2.45, 2.75) is 38.3 Å². The van der Waals surface area contributed by atoms with Gasteiger partial charge in [-0.15, -0.1) is 0 Å². The summed E-state index contributed by atoms with van der Waals surface area (Å²) in [5.41, 5.74) is 0.674. The van der Waals surface area contributed by atoms with Crippen LogP contribution in [0.4, 0.5) is 5.82 Å². The van der Waals surface area contributed by atoms with Crippen molar-refractivity contribution in [2.24, 2.45) is 0 Å². The Hall–Kier alpha value is -1.62. The maximum Gasteiger partial charge on any atom is 0.209 e. The largest absolute Gasteiger partial charge is 0.387 e. The summed E-state index contributed by atoms with van der Waals surface area (Å²) in [5, 5.41) is 12.9. The van der Waals surface area contributed by atoms with Crippen LogP contribution < -0.4 is 5.32 Å². The van der Waals surface area contributed by atoms with Crippen LogP contribution in [0.15, 0.2) is 18.2 Å². The highest BCUT2D eigenvalue weighted by atomic mass is 16.3. The number of carbonyl (C=O) groups excluding carboxylic acids is 1. The van der Waals surface area contributed by atoms with Crippen molar-refractivity contribution in [3.8, 4) is 0 Å². The Morgan fingerprint density at radius 1 is 1.47 bits per heavy atom. The minimum absolute atomic E-state index is 0.335. The van der Waals surface area contributed by atoms with Crippen molar-refractivity contribution < 1.29 is 9.90 Å². The third kappa shape index (κ3) is 3.92. The van der Waals surface area contributed by atoms with E-state index in [1.807, 2.05) is 23.1 Å². The minimum atomic E-state index is -0.554. The van der Waals surface area contributed by atoms with Crippen molar-refractivity contribution in [3.63, 3.8) is 0 Å². The highest BCUT2D eigenvalue weighted by molar-refractivity contribution is 5.47. The molecule has 2 heterocycles. The fourth-order valence-electron chi connectivity index (χ4n) is 2.34. The summed E-state index contributed by atoms with van der Waals surface area (Å²) in [7, 11) is 0. The van der Waals surface area contributed by atoms with Gasteiger partial charge in [0.2, 0.25) is 6.41 Å². The fraction of sp³-hybridized carbons (Fsp3) is 0.571. The molecule has 5 heteroatoms. The molecule has 0 aliphatic carbocycles. The van der Waals surface area contributed by atoms with Gasteiger partial charge in [0, 0.05) is 19.1 Å². The first-order chi connectivity index (χ1) is 9.19. The fourth-order valence-corrected chi connectivity index (χ4v) is 2.34. The van der Waals surface area contributed by atoms with Gasteiger partial charge in [0.25, 0.3) is 0 Å². The molecule has 1 aromatic rings. The van der Waals surface area contributed by atoms with E-state index in [0.29, 0.717) is 11.7 Å². The summed E-state index contributed by atoms with van der Waals surface area (Å²) in [6, 6.07) is 5.96. The Kier molecular flexibility index (Phi) is 4.74.